The maximum Gasteiger partial charge on any atom is 0.0927 e. The van der Waals surface area contributed by atoms with E-state index in [2.05, 4.69) is 57.6 Å². The highest BCUT2D eigenvalue weighted by atomic mass is 16.5. The fraction of sp³-hybridized carbons (Fsp3) is 0.211. The van der Waals surface area contributed by atoms with Crippen LogP contribution in [0.15, 0.2) is 48.5 Å². The fourth-order valence-corrected chi connectivity index (χ4v) is 3.00. The smallest absolute Gasteiger partial charge is 0.0927 e. The summed E-state index contributed by atoms with van der Waals surface area (Å²) in [7, 11) is 0. The Morgan fingerprint density at radius 1 is 0.957 bits per heavy atom. The number of hydrogen-bond acceptors (Lipinski definition) is 3. The topological polar surface area (TPSA) is 41.2 Å². The van der Waals surface area contributed by atoms with Gasteiger partial charge in [0.05, 0.1) is 24.4 Å². The largest absolute Gasteiger partial charge is 0.378 e. The van der Waals surface area contributed by atoms with Crippen LogP contribution in [0.1, 0.15) is 11.3 Å². The number of anilines is 1. The van der Waals surface area contributed by atoms with Gasteiger partial charge in [0.15, 0.2) is 0 Å². The van der Waals surface area contributed by atoms with Crippen molar-refractivity contribution in [1.82, 2.24) is 10.2 Å². The molecule has 1 N–H and O–H groups in total. The first-order valence-corrected chi connectivity index (χ1v) is 7.95. The zero-order chi connectivity index (χ0) is 15.5. The van der Waals surface area contributed by atoms with Crippen LogP contribution in [-0.2, 0) is 4.74 Å². The van der Waals surface area contributed by atoms with Crippen LogP contribution in [0.4, 0.5) is 5.69 Å². The second-order valence-corrected chi connectivity index (χ2v) is 5.65. The molecule has 0 unspecified atom stereocenters. The number of para-hydroxylation sites is 2. The molecule has 0 spiro atoms. The molecule has 4 rings (SSSR count). The highest BCUT2D eigenvalue weighted by Crippen LogP contribution is 2.24. The molecule has 1 aliphatic rings. The fourth-order valence-electron chi connectivity index (χ4n) is 3.00. The molecule has 0 atom stereocenters. The van der Waals surface area contributed by atoms with Crippen LogP contribution in [0.3, 0.4) is 0 Å². The number of H-pyrrole nitrogens is 1. The summed E-state index contributed by atoms with van der Waals surface area (Å²) in [5.74, 6) is 0. The lowest BCUT2D eigenvalue weighted by Gasteiger charge is -2.30. The first kappa shape index (κ1) is 14.0. The highest BCUT2D eigenvalue weighted by molar-refractivity contribution is 5.90. The number of ether oxygens (including phenoxy) is 1. The van der Waals surface area contributed by atoms with E-state index in [-0.39, 0.29) is 0 Å². The number of benzene rings is 2. The number of nitrogens with zero attached hydrogens (tertiary/aromatic N) is 2. The van der Waals surface area contributed by atoms with Crippen LogP contribution in [0, 0.1) is 0 Å². The van der Waals surface area contributed by atoms with Crippen molar-refractivity contribution in [1.29, 1.82) is 0 Å². The van der Waals surface area contributed by atoms with Gasteiger partial charge < -0.3 is 9.64 Å². The molecule has 4 nitrogen and oxygen atoms in total. The summed E-state index contributed by atoms with van der Waals surface area (Å²) in [4.78, 5) is 2.38. The molecule has 1 saturated heterocycles. The number of morpholine rings is 1. The van der Waals surface area contributed by atoms with Crippen molar-refractivity contribution in [2.24, 2.45) is 0 Å². The molecule has 4 heteroatoms. The molecule has 2 heterocycles. The number of aromatic nitrogens is 2. The average molecular weight is 305 g/mol. The van der Waals surface area contributed by atoms with E-state index in [1.165, 1.54) is 11.3 Å². The lowest BCUT2D eigenvalue weighted by molar-refractivity contribution is 0.122. The van der Waals surface area contributed by atoms with E-state index in [0.29, 0.717) is 0 Å². The van der Waals surface area contributed by atoms with E-state index in [4.69, 9.17) is 4.74 Å². The standard InChI is InChI=1S/C19H19N3O/c1-4-8-19(22-11-13-23-14-12-22)15(5-1)9-10-18-16-6-2-3-7-17(16)20-21-18/h1-10H,11-14H2,(H,20,21). The van der Waals surface area contributed by atoms with E-state index in [1.807, 2.05) is 18.2 Å². The quantitative estimate of drug-likeness (QED) is 0.804. The Balaban J connectivity index is 1.66. The van der Waals surface area contributed by atoms with Gasteiger partial charge in [0.25, 0.3) is 0 Å². The van der Waals surface area contributed by atoms with Crippen LogP contribution in [0.25, 0.3) is 23.1 Å². The highest BCUT2D eigenvalue weighted by Gasteiger charge is 2.13. The Bertz CT molecular complexity index is 831. The molecule has 1 fully saturated rings. The first-order chi connectivity index (χ1) is 11.4. The van der Waals surface area contributed by atoms with Gasteiger partial charge in [-0.2, -0.15) is 5.10 Å². The van der Waals surface area contributed by atoms with Gasteiger partial charge in [0.2, 0.25) is 0 Å². The van der Waals surface area contributed by atoms with Gasteiger partial charge in [0.1, 0.15) is 0 Å². The van der Waals surface area contributed by atoms with Crippen LogP contribution >= 0.6 is 0 Å². The molecule has 116 valence electrons. The summed E-state index contributed by atoms with van der Waals surface area (Å²) < 4.78 is 5.45. The predicted octanol–water partition coefficient (Wildman–Crippen LogP) is 3.57. The molecule has 0 aliphatic carbocycles. The number of hydrogen-bond donors (Lipinski definition) is 1. The molecule has 1 aromatic heterocycles. The Labute approximate surface area is 135 Å². The van der Waals surface area contributed by atoms with E-state index in [9.17, 15) is 0 Å². The van der Waals surface area contributed by atoms with E-state index < -0.39 is 0 Å². The molecule has 0 radical (unpaired) electrons. The van der Waals surface area contributed by atoms with Crippen molar-refractivity contribution in [3.8, 4) is 0 Å². The first-order valence-electron chi connectivity index (χ1n) is 7.95. The maximum absolute atomic E-state index is 5.45. The zero-order valence-electron chi connectivity index (χ0n) is 12.9. The Kier molecular flexibility index (Phi) is 3.82. The van der Waals surface area contributed by atoms with Crippen LogP contribution < -0.4 is 4.90 Å². The van der Waals surface area contributed by atoms with Gasteiger partial charge in [-0.05, 0) is 23.8 Å². The van der Waals surface area contributed by atoms with Gasteiger partial charge in [-0.1, -0.05) is 42.5 Å². The SMILES string of the molecule is C(=Cc1n[nH]c2ccccc12)c1ccccc1N1CCOCC1. The molecule has 0 amide bonds. The molecule has 2 aromatic carbocycles. The predicted molar refractivity (Wildman–Crippen MR) is 94.5 cm³/mol. The van der Waals surface area contributed by atoms with Crippen LogP contribution in [0.5, 0.6) is 0 Å². The number of aromatic amines is 1. The van der Waals surface area contributed by atoms with Gasteiger partial charge in [0, 0.05) is 24.2 Å². The van der Waals surface area contributed by atoms with Gasteiger partial charge in [-0.25, -0.2) is 0 Å². The number of fused-ring (bicyclic) bond motifs is 1. The molecule has 1 aliphatic heterocycles. The number of rotatable bonds is 3. The van der Waals surface area contributed by atoms with Gasteiger partial charge in [-0.3, -0.25) is 5.10 Å². The summed E-state index contributed by atoms with van der Waals surface area (Å²) in [6.45, 7) is 3.47. The molecule has 0 saturated carbocycles. The van der Waals surface area contributed by atoms with Gasteiger partial charge in [-0.15, -0.1) is 0 Å². The molecule has 0 bridgehead atoms. The third-order valence-electron chi connectivity index (χ3n) is 4.21. The monoisotopic (exact) mass is 305 g/mol. The van der Waals surface area contributed by atoms with E-state index in [0.717, 1.165) is 42.9 Å². The third-order valence-corrected chi connectivity index (χ3v) is 4.21. The van der Waals surface area contributed by atoms with Crippen molar-refractivity contribution in [3.63, 3.8) is 0 Å². The summed E-state index contributed by atoms with van der Waals surface area (Å²) >= 11 is 0. The Hall–Kier alpha value is -2.59. The van der Waals surface area contributed by atoms with Crippen LogP contribution in [-0.4, -0.2) is 36.5 Å². The van der Waals surface area contributed by atoms with Crippen LogP contribution in [0.2, 0.25) is 0 Å². The summed E-state index contributed by atoms with van der Waals surface area (Å²) in [5.41, 5.74) is 4.50. The second kappa shape index (κ2) is 6.26. The normalized spacial score (nSPS) is 15.6. The van der Waals surface area contributed by atoms with Gasteiger partial charge >= 0.3 is 0 Å². The Morgan fingerprint density at radius 2 is 1.74 bits per heavy atom. The minimum Gasteiger partial charge on any atom is -0.378 e. The van der Waals surface area contributed by atoms with Crippen molar-refractivity contribution < 1.29 is 4.74 Å². The molecular formula is C19H19N3O. The van der Waals surface area contributed by atoms with E-state index in [1.54, 1.807) is 0 Å². The van der Waals surface area contributed by atoms with Crippen molar-refractivity contribution >= 4 is 28.7 Å². The lowest BCUT2D eigenvalue weighted by Crippen LogP contribution is -2.36. The zero-order valence-corrected chi connectivity index (χ0v) is 12.9. The lowest BCUT2D eigenvalue weighted by atomic mass is 10.1. The molecule has 3 aromatic rings. The van der Waals surface area contributed by atoms with E-state index >= 15 is 0 Å². The number of nitrogens with one attached hydrogen (secondary N) is 1. The summed E-state index contributed by atoms with van der Waals surface area (Å²) in [6.07, 6.45) is 4.23. The summed E-state index contributed by atoms with van der Waals surface area (Å²) in [5, 5.41) is 8.63. The second-order valence-electron chi connectivity index (χ2n) is 5.65. The summed E-state index contributed by atoms with van der Waals surface area (Å²) in [6, 6.07) is 16.7. The molecule has 23 heavy (non-hydrogen) atoms. The average Bonchev–Trinajstić information content (AvgIpc) is 3.04. The van der Waals surface area contributed by atoms with Crippen molar-refractivity contribution in [2.45, 2.75) is 0 Å². The van der Waals surface area contributed by atoms with Crippen molar-refractivity contribution in [3.05, 3.63) is 59.8 Å². The molecular weight excluding hydrogens is 286 g/mol. The Morgan fingerprint density at radius 3 is 2.65 bits per heavy atom. The minimum absolute atomic E-state index is 0.794. The van der Waals surface area contributed by atoms with Crippen molar-refractivity contribution in [2.75, 3.05) is 31.2 Å². The third kappa shape index (κ3) is 2.85. The maximum atomic E-state index is 5.45. The minimum atomic E-state index is 0.794.